The number of Topliss-reactive ketones (excluding diaryl/α,β-unsaturated/α-hetero) is 1. The van der Waals surface area contributed by atoms with Crippen LogP contribution in [0.25, 0.3) is 0 Å². The number of anilines is 2. The van der Waals surface area contributed by atoms with Crippen LogP contribution in [0.4, 0.5) is 15.8 Å². The maximum atomic E-state index is 14.4. The zero-order valence-electron chi connectivity index (χ0n) is 23.8. The van der Waals surface area contributed by atoms with E-state index in [0.717, 1.165) is 11.3 Å². The molecule has 0 aromatic heterocycles. The van der Waals surface area contributed by atoms with E-state index in [1.807, 2.05) is 24.3 Å². The Labute approximate surface area is 250 Å². The Balaban J connectivity index is 1.52. The second-order valence-electron chi connectivity index (χ2n) is 12.0. The molecule has 2 aliphatic rings. The SMILES string of the molecule is CC(C)(C)c1ccc(C2CC(=O)C3=C(C2)Nc2ccccc2N(C(=O)c2ccccc2Cl)C3c2ccc(F)cc2)cc1. The van der Waals surface area contributed by atoms with Crippen LogP contribution in [0.2, 0.25) is 5.02 Å². The molecule has 0 bridgehead atoms. The molecule has 1 N–H and O–H groups in total. The van der Waals surface area contributed by atoms with Crippen molar-refractivity contribution >= 4 is 34.7 Å². The van der Waals surface area contributed by atoms with E-state index in [9.17, 15) is 14.0 Å². The molecule has 212 valence electrons. The van der Waals surface area contributed by atoms with Gasteiger partial charge in [0.05, 0.1) is 28.0 Å². The van der Waals surface area contributed by atoms with Gasteiger partial charge in [-0.2, -0.15) is 0 Å². The van der Waals surface area contributed by atoms with Crippen LogP contribution >= 0.6 is 11.6 Å². The van der Waals surface area contributed by atoms with Crippen molar-refractivity contribution < 1.29 is 14.0 Å². The molecule has 42 heavy (non-hydrogen) atoms. The Morgan fingerprint density at radius 3 is 2.19 bits per heavy atom. The van der Waals surface area contributed by atoms with Crippen molar-refractivity contribution in [2.24, 2.45) is 0 Å². The molecule has 0 spiro atoms. The number of ketones is 1. The van der Waals surface area contributed by atoms with E-state index in [1.54, 1.807) is 41.3 Å². The standard InChI is InChI=1S/C36H32ClFN2O2/c1-36(2,3)25-16-12-22(13-17-25)24-20-30-33(32(41)21-24)34(23-14-18-26(38)19-15-23)40(31-11-7-6-10-29(31)39-30)35(42)27-8-4-5-9-28(27)37/h4-19,24,34,39H,20-21H2,1-3H3. The summed E-state index contributed by atoms with van der Waals surface area (Å²) in [5.41, 5.74) is 5.95. The van der Waals surface area contributed by atoms with E-state index in [-0.39, 0.29) is 23.0 Å². The first-order valence-corrected chi connectivity index (χ1v) is 14.6. The number of fused-ring (bicyclic) bond motifs is 1. The average molecular weight is 579 g/mol. The predicted molar refractivity (Wildman–Crippen MR) is 167 cm³/mol. The van der Waals surface area contributed by atoms with Crippen molar-refractivity contribution in [3.05, 3.63) is 141 Å². The first-order valence-electron chi connectivity index (χ1n) is 14.2. The Kier molecular flexibility index (Phi) is 7.24. The number of benzene rings is 4. The summed E-state index contributed by atoms with van der Waals surface area (Å²) in [7, 11) is 0. The van der Waals surface area contributed by atoms with Crippen LogP contribution in [0, 0.1) is 5.82 Å². The second kappa shape index (κ2) is 10.9. The van der Waals surface area contributed by atoms with E-state index >= 15 is 0 Å². The molecule has 6 rings (SSSR count). The fraction of sp³-hybridized carbons (Fsp3) is 0.222. The highest BCUT2D eigenvalue weighted by Gasteiger charge is 2.42. The van der Waals surface area contributed by atoms with Gasteiger partial charge >= 0.3 is 0 Å². The predicted octanol–water partition coefficient (Wildman–Crippen LogP) is 8.99. The maximum Gasteiger partial charge on any atom is 0.260 e. The summed E-state index contributed by atoms with van der Waals surface area (Å²) in [6.45, 7) is 6.55. The molecular weight excluding hydrogens is 547 g/mol. The van der Waals surface area contributed by atoms with Crippen LogP contribution < -0.4 is 10.2 Å². The highest BCUT2D eigenvalue weighted by molar-refractivity contribution is 6.34. The first kappa shape index (κ1) is 27.9. The summed E-state index contributed by atoms with van der Waals surface area (Å²) < 4.78 is 14.1. The summed E-state index contributed by atoms with van der Waals surface area (Å²) >= 11 is 6.52. The number of carbonyl (C=O) groups excluding carboxylic acids is 2. The van der Waals surface area contributed by atoms with Crippen molar-refractivity contribution in [2.75, 3.05) is 10.2 Å². The van der Waals surface area contributed by atoms with E-state index in [4.69, 9.17) is 11.6 Å². The van der Waals surface area contributed by atoms with Gasteiger partial charge in [-0.15, -0.1) is 0 Å². The van der Waals surface area contributed by atoms with Crippen LogP contribution in [0.5, 0.6) is 0 Å². The zero-order chi connectivity index (χ0) is 29.6. The van der Waals surface area contributed by atoms with Gasteiger partial charge in [-0.05, 0) is 70.8 Å². The minimum Gasteiger partial charge on any atom is -0.357 e. The molecule has 0 saturated heterocycles. The largest absolute Gasteiger partial charge is 0.357 e. The maximum absolute atomic E-state index is 14.4. The molecule has 0 radical (unpaired) electrons. The number of hydrogen-bond donors (Lipinski definition) is 1. The summed E-state index contributed by atoms with van der Waals surface area (Å²) in [5.74, 6) is -0.805. The molecule has 4 aromatic rings. The van der Waals surface area contributed by atoms with Crippen LogP contribution in [0.3, 0.4) is 0 Å². The first-order chi connectivity index (χ1) is 20.1. The van der Waals surface area contributed by atoms with Gasteiger partial charge in [0.15, 0.2) is 5.78 Å². The third-order valence-electron chi connectivity index (χ3n) is 8.25. The van der Waals surface area contributed by atoms with E-state index < -0.39 is 11.9 Å². The number of nitrogens with zero attached hydrogens (tertiary/aromatic N) is 1. The van der Waals surface area contributed by atoms with Crippen LogP contribution in [-0.2, 0) is 10.2 Å². The average Bonchev–Trinajstić information content (AvgIpc) is 3.12. The molecule has 0 saturated carbocycles. The van der Waals surface area contributed by atoms with Gasteiger partial charge in [0, 0.05) is 17.7 Å². The lowest BCUT2D eigenvalue weighted by molar-refractivity contribution is -0.116. The van der Waals surface area contributed by atoms with E-state index in [0.29, 0.717) is 45.9 Å². The Morgan fingerprint density at radius 2 is 1.50 bits per heavy atom. The fourth-order valence-electron chi connectivity index (χ4n) is 6.03. The number of halogens is 2. The van der Waals surface area contributed by atoms with Crippen molar-refractivity contribution in [3.63, 3.8) is 0 Å². The van der Waals surface area contributed by atoms with Gasteiger partial charge in [-0.25, -0.2) is 4.39 Å². The molecule has 4 nitrogen and oxygen atoms in total. The molecule has 1 aliphatic carbocycles. The van der Waals surface area contributed by atoms with Gasteiger partial charge < -0.3 is 5.32 Å². The molecule has 4 aromatic carbocycles. The molecule has 6 heteroatoms. The summed E-state index contributed by atoms with van der Waals surface area (Å²) in [4.78, 5) is 30.2. The van der Waals surface area contributed by atoms with Crippen LogP contribution in [-0.4, -0.2) is 11.7 Å². The third kappa shape index (κ3) is 5.14. The monoisotopic (exact) mass is 578 g/mol. The van der Waals surface area contributed by atoms with Gasteiger partial charge in [-0.1, -0.05) is 93.0 Å². The summed E-state index contributed by atoms with van der Waals surface area (Å²) in [5, 5.41) is 3.86. The zero-order valence-corrected chi connectivity index (χ0v) is 24.6. The van der Waals surface area contributed by atoms with Gasteiger partial charge in [0.2, 0.25) is 0 Å². The summed E-state index contributed by atoms with van der Waals surface area (Å²) in [6.07, 6.45) is 0.896. The van der Waals surface area contributed by atoms with Crippen molar-refractivity contribution in [3.8, 4) is 0 Å². The number of allylic oxidation sites excluding steroid dienone is 1. The second-order valence-corrected chi connectivity index (χ2v) is 12.5. The lowest BCUT2D eigenvalue weighted by Crippen LogP contribution is -2.38. The molecular formula is C36H32ClFN2O2. The molecule has 2 unspecified atom stereocenters. The van der Waals surface area contributed by atoms with E-state index in [2.05, 4.69) is 50.4 Å². The van der Waals surface area contributed by atoms with Crippen LogP contribution in [0.1, 0.15) is 72.6 Å². The van der Waals surface area contributed by atoms with Crippen molar-refractivity contribution in [1.82, 2.24) is 0 Å². The van der Waals surface area contributed by atoms with E-state index in [1.165, 1.54) is 17.7 Å². The molecule has 1 heterocycles. The number of para-hydroxylation sites is 2. The van der Waals surface area contributed by atoms with Crippen LogP contribution in [0.15, 0.2) is 108 Å². The quantitative estimate of drug-likeness (QED) is 0.264. The molecule has 0 fully saturated rings. The normalized spacial score (nSPS) is 18.6. The minimum atomic E-state index is -0.780. The Hall–Kier alpha value is -4.22. The van der Waals surface area contributed by atoms with Crippen molar-refractivity contribution in [1.29, 1.82) is 0 Å². The Bertz CT molecular complexity index is 1700. The van der Waals surface area contributed by atoms with Gasteiger partial charge in [0.1, 0.15) is 5.82 Å². The number of nitrogens with one attached hydrogen (secondary N) is 1. The lowest BCUT2D eigenvalue weighted by Gasteiger charge is -2.35. The van der Waals surface area contributed by atoms with Gasteiger partial charge in [0.25, 0.3) is 5.91 Å². The molecule has 1 aliphatic heterocycles. The highest BCUT2D eigenvalue weighted by Crippen LogP contribution is 2.48. The molecule has 1 amide bonds. The number of carbonyl (C=O) groups is 2. The Morgan fingerprint density at radius 1 is 0.857 bits per heavy atom. The topological polar surface area (TPSA) is 49.4 Å². The highest BCUT2D eigenvalue weighted by atomic mass is 35.5. The van der Waals surface area contributed by atoms with Gasteiger partial charge in [-0.3, -0.25) is 14.5 Å². The number of hydrogen-bond acceptors (Lipinski definition) is 3. The minimum absolute atomic E-state index is 0.0235. The number of amides is 1. The fourth-order valence-corrected chi connectivity index (χ4v) is 6.25. The smallest absolute Gasteiger partial charge is 0.260 e. The summed E-state index contributed by atoms with van der Waals surface area (Å²) in [6, 6.07) is 28.2. The lowest BCUT2D eigenvalue weighted by atomic mass is 9.77. The third-order valence-corrected chi connectivity index (χ3v) is 8.58. The number of rotatable bonds is 3. The van der Waals surface area contributed by atoms with Crippen molar-refractivity contribution in [2.45, 2.75) is 51.0 Å². The molecule has 2 atom stereocenters.